The van der Waals surface area contributed by atoms with Crippen LogP contribution < -0.4 is 19.1 Å². The third-order valence-corrected chi connectivity index (χ3v) is 8.90. The first-order valence-corrected chi connectivity index (χ1v) is 15.5. The lowest BCUT2D eigenvalue weighted by molar-refractivity contribution is -0.140. The van der Waals surface area contributed by atoms with E-state index < -0.39 is 28.5 Å². The van der Waals surface area contributed by atoms with Crippen molar-refractivity contribution in [1.29, 1.82) is 0 Å². The van der Waals surface area contributed by atoms with E-state index in [1.807, 2.05) is 45.0 Å². The minimum atomic E-state index is -4.29. The van der Waals surface area contributed by atoms with Crippen LogP contribution in [0.4, 0.5) is 5.69 Å². The summed E-state index contributed by atoms with van der Waals surface area (Å²) in [5, 5.41) is 3.30. The molecule has 0 saturated carbocycles. The SMILES string of the molecule is CCCNC(=O)[C@@H](CC)N(Cc1ccccc1C)C(=O)CN(c1ccc(Cl)cc1)S(=O)(=O)c1ccc(OC)c(OC)c1. The fourth-order valence-corrected chi connectivity index (χ4v) is 6.05. The van der Waals surface area contributed by atoms with Gasteiger partial charge in [-0.2, -0.15) is 0 Å². The van der Waals surface area contributed by atoms with E-state index in [-0.39, 0.29) is 28.8 Å². The number of hydrogen-bond donors (Lipinski definition) is 1. The number of carbonyl (C=O) groups is 2. The third-order valence-electron chi connectivity index (χ3n) is 6.87. The Balaban J connectivity index is 2.10. The topological polar surface area (TPSA) is 105 Å². The summed E-state index contributed by atoms with van der Waals surface area (Å²) in [5.41, 5.74) is 2.04. The molecule has 0 aromatic heterocycles. The molecule has 42 heavy (non-hydrogen) atoms. The van der Waals surface area contributed by atoms with E-state index in [9.17, 15) is 18.0 Å². The van der Waals surface area contributed by atoms with E-state index >= 15 is 0 Å². The zero-order valence-electron chi connectivity index (χ0n) is 24.6. The summed E-state index contributed by atoms with van der Waals surface area (Å²) >= 11 is 6.10. The Bertz CT molecular complexity index is 1480. The van der Waals surface area contributed by atoms with Gasteiger partial charge in [0.05, 0.1) is 24.8 Å². The van der Waals surface area contributed by atoms with Crippen LogP contribution >= 0.6 is 11.6 Å². The molecule has 0 saturated heterocycles. The fourth-order valence-electron chi connectivity index (χ4n) is 4.50. The largest absolute Gasteiger partial charge is 0.493 e. The molecule has 11 heteroatoms. The second kappa shape index (κ2) is 14.9. The second-order valence-electron chi connectivity index (χ2n) is 9.67. The van der Waals surface area contributed by atoms with Gasteiger partial charge >= 0.3 is 0 Å². The highest BCUT2D eigenvalue weighted by atomic mass is 35.5. The number of rotatable bonds is 14. The molecule has 0 fully saturated rings. The van der Waals surface area contributed by atoms with Crippen LogP contribution in [-0.2, 0) is 26.2 Å². The molecule has 0 bridgehead atoms. The maximum absolute atomic E-state index is 14.2. The van der Waals surface area contributed by atoms with Crippen LogP contribution in [0.25, 0.3) is 0 Å². The van der Waals surface area contributed by atoms with E-state index in [4.69, 9.17) is 21.1 Å². The average Bonchev–Trinajstić information content (AvgIpc) is 2.99. The molecule has 0 aliphatic heterocycles. The highest BCUT2D eigenvalue weighted by molar-refractivity contribution is 7.92. The van der Waals surface area contributed by atoms with E-state index in [1.165, 1.54) is 49.5 Å². The molecule has 3 aromatic carbocycles. The first-order valence-electron chi connectivity index (χ1n) is 13.7. The van der Waals surface area contributed by atoms with Crippen molar-refractivity contribution >= 4 is 39.1 Å². The molecule has 0 aliphatic rings. The first-order chi connectivity index (χ1) is 20.1. The number of ether oxygens (including phenoxy) is 2. The Morgan fingerprint density at radius 2 is 1.62 bits per heavy atom. The number of amides is 2. The summed E-state index contributed by atoms with van der Waals surface area (Å²) in [6, 6.07) is 17.2. The Labute approximate surface area is 253 Å². The van der Waals surface area contributed by atoms with Crippen molar-refractivity contribution in [3.05, 3.63) is 82.9 Å². The van der Waals surface area contributed by atoms with Gasteiger partial charge in [0.15, 0.2) is 11.5 Å². The molecular weight excluding hydrogens is 578 g/mol. The maximum Gasteiger partial charge on any atom is 0.264 e. The van der Waals surface area contributed by atoms with E-state index in [0.717, 1.165) is 21.9 Å². The Kier molecular flexibility index (Phi) is 11.6. The zero-order chi connectivity index (χ0) is 30.9. The lowest BCUT2D eigenvalue weighted by atomic mass is 10.1. The predicted octanol–water partition coefficient (Wildman–Crippen LogP) is 5.19. The number of aryl methyl sites for hydroxylation is 1. The molecule has 0 unspecified atom stereocenters. The predicted molar refractivity (Wildman–Crippen MR) is 165 cm³/mol. The summed E-state index contributed by atoms with van der Waals surface area (Å²) in [6.45, 7) is 5.74. The van der Waals surface area contributed by atoms with Gasteiger partial charge in [-0.3, -0.25) is 13.9 Å². The summed E-state index contributed by atoms with van der Waals surface area (Å²) in [4.78, 5) is 28.7. The summed E-state index contributed by atoms with van der Waals surface area (Å²) in [6.07, 6.45) is 1.08. The average molecular weight is 616 g/mol. The molecular formula is C31H38ClN3O6S. The second-order valence-corrected chi connectivity index (χ2v) is 12.0. The molecule has 226 valence electrons. The minimum absolute atomic E-state index is 0.0962. The van der Waals surface area contributed by atoms with E-state index in [1.54, 1.807) is 12.1 Å². The summed E-state index contributed by atoms with van der Waals surface area (Å²) in [7, 11) is -1.43. The van der Waals surface area contributed by atoms with Crippen LogP contribution in [-0.4, -0.2) is 58.5 Å². The quantitative estimate of drug-likeness (QED) is 0.267. The molecule has 1 atom stereocenters. The zero-order valence-corrected chi connectivity index (χ0v) is 26.2. The molecule has 9 nitrogen and oxygen atoms in total. The van der Waals surface area contributed by atoms with Gasteiger partial charge in [0, 0.05) is 24.2 Å². The van der Waals surface area contributed by atoms with Gasteiger partial charge in [-0.05, 0) is 67.3 Å². The molecule has 3 rings (SSSR count). The van der Waals surface area contributed by atoms with Gasteiger partial charge in [-0.15, -0.1) is 0 Å². The highest BCUT2D eigenvalue weighted by Crippen LogP contribution is 2.33. The van der Waals surface area contributed by atoms with Gasteiger partial charge in [0.2, 0.25) is 11.8 Å². The molecule has 0 aliphatic carbocycles. The standard InChI is InChI=1S/C31H38ClN3O6S/c1-6-18-33-31(37)27(7-2)34(20-23-11-9-8-10-22(23)3)30(36)21-35(25-14-12-24(32)13-15-25)42(38,39)26-16-17-28(40-4)29(19-26)41-5/h8-17,19,27H,6-7,18,20-21H2,1-5H3,(H,33,37)/t27-/m1/s1. The molecule has 0 heterocycles. The first kappa shape index (κ1) is 32.8. The normalized spacial score (nSPS) is 11.9. The number of carbonyl (C=O) groups excluding carboxylic acids is 2. The van der Waals surface area contributed by atoms with Gasteiger partial charge in [0.25, 0.3) is 10.0 Å². The fraction of sp³-hybridized carbons (Fsp3) is 0.355. The lowest BCUT2D eigenvalue weighted by Gasteiger charge is -2.33. The number of benzene rings is 3. The van der Waals surface area contributed by atoms with Crippen LogP contribution in [0.15, 0.2) is 71.6 Å². The smallest absolute Gasteiger partial charge is 0.264 e. The molecule has 2 amide bonds. The van der Waals surface area contributed by atoms with Gasteiger partial charge in [-0.25, -0.2) is 8.42 Å². The number of nitrogens with one attached hydrogen (secondary N) is 1. The van der Waals surface area contributed by atoms with E-state index in [0.29, 0.717) is 23.7 Å². The van der Waals surface area contributed by atoms with Crippen LogP contribution in [0, 0.1) is 6.92 Å². The van der Waals surface area contributed by atoms with Crippen LogP contribution in [0.5, 0.6) is 11.5 Å². The maximum atomic E-state index is 14.2. The number of halogens is 1. The number of methoxy groups -OCH3 is 2. The number of hydrogen-bond acceptors (Lipinski definition) is 6. The number of nitrogens with zero attached hydrogens (tertiary/aromatic N) is 2. The molecule has 0 spiro atoms. The van der Waals surface area contributed by atoms with Crippen molar-refractivity contribution in [2.24, 2.45) is 0 Å². The van der Waals surface area contributed by atoms with Crippen molar-refractivity contribution in [2.75, 3.05) is 31.6 Å². The molecule has 1 N–H and O–H groups in total. The Morgan fingerprint density at radius 1 is 0.952 bits per heavy atom. The van der Waals surface area contributed by atoms with Crippen molar-refractivity contribution in [3.63, 3.8) is 0 Å². The summed E-state index contributed by atoms with van der Waals surface area (Å²) < 4.78 is 39.9. The van der Waals surface area contributed by atoms with Gasteiger partial charge in [-0.1, -0.05) is 49.7 Å². The molecule has 0 radical (unpaired) electrons. The third kappa shape index (κ3) is 7.74. The van der Waals surface area contributed by atoms with Crippen LogP contribution in [0.3, 0.4) is 0 Å². The number of anilines is 1. The minimum Gasteiger partial charge on any atom is -0.493 e. The number of sulfonamides is 1. The molecule has 3 aromatic rings. The van der Waals surface area contributed by atoms with Gasteiger partial charge < -0.3 is 19.7 Å². The van der Waals surface area contributed by atoms with Crippen molar-refractivity contribution in [1.82, 2.24) is 10.2 Å². The monoisotopic (exact) mass is 615 g/mol. The van der Waals surface area contributed by atoms with Crippen molar-refractivity contribution in [2.45, 2.75) is 51.1 Å². The van der Waals surface area contributed by atoms with E-state index in [2.05, 4.69) is 5.32 Å². The Morgan fingerprint density at radius 3 is 2.21 bits per heavy atom. The van der Waals surface area contributed by atoms with Crippen molar-refractivity contribution < 1.29 is 27.5 Å². The van der Waals surface area contributed by atoms with Crippen LogP contribution in [0.1, 0.15) is 37.8 Å². The Hall–Kier alpha value is -3.76. The van der Waals surface area contributed by atoms with Crippen LogP contribution in [0.2, 0.25) is 5.02 Å². The van der Waals surface area contributed by atoms with Gasteiger partial charge in [0.1, 0.15) is 12.6 Å². The lowest BCUT2D eigenvalue weighted by Crippen LogP contribution is -2.52. The summed E-state index contributed by atoms with van der Waals surface area (Å²) in [5.74, 6) is -0.238. The van der Waals surface area contributed by atoms with Crippen molar-refractivity contribution in [3.8, 4) is 11.5 Å². The highest BCUT2D eigenvalue weighted by Gasteiger charge is 2.34.